The van der Waals surface area contributed by atoms with Crippen molar-refractivity contribution in [2.45, 2.75) is 13.0 Å². The Bertz CT molecular complexity index is 368. The number of rotatable bonds is 2. The number of nitrogens with two attached hydrogens (primary N) is 1. The van der Waals surface area contributed by atoms with E-state index in [1.165, 1.54) is 6.07 Å². The smallest absolute Gasteiger partial charge is 0.404 e. The monoisotopic (exact) mass is 241 g/mol. The second-order valence-corrected chi connectivity index (χ2v) is 3.08. The molecular weight excluding hydrogens is 235 g/mol. The van der Waals surface area contributed by atoms with Crippen LogP contribution in [0.1, 0.15) is 5.56 Å². The van der Waals surface area contributed by atoms with Gasteiger partial charge in [-0.3, -0.25) is 0 Å². The van der Waals surface area contributed by atoms with Gasteiger partial charge in [0.1, 0.15) is 5.02 Å². The van der Waals surface area contributed by atoms with Gasteiger partial charge in [0.25, 0.3) is 0 Å². The molecule has 15 heavy (non-hydrogen) atoms. The van der Waals surface area contributed by atoms with Gasteiger partial charge in [-0.05, 0) is 17.7 Å². The van der Waals surface area contributed by atoms with E-state index in [2.05, 4.69) is 4.74 Å². The number of hydrogen-bond acceptors (Lipinski definition) is 3. The van der Waals surface area contributed by atoms with E-state index in [1.807, 2.05) is 0 Å². The number of ether oxygens (including phenoxy) is 1. The summed E-state index contributed by atoms with van der Waals surface area (Å²) in [6.45, 7) is -0.449. The molecule has 0 radical (unpaired) electrons. The fraction of sp³-hybridized carbons (Fsp3) is 0.250. The summed E-state index contributed by atoms with van der Waals surface area (Å²) in [6.07, 6.45) is -4.84. The van der Waals surface area contributed by atoms with E-state index in [4.69, 9.17) is 22.4 Å². The molecule has 0 aliphatic carbocycles. The van der Waals surface area contributed by atoms with Crippen molar-refractivity contribution in [2.75, 3.05) is 5.73 Å². The third-order valence-electron chi connectivity index (χ3n) is 1.54. The molecule has 1 aromatic rings. The van der Waals surface area contributed by atoms with E-state index in [0.29, 0.717) is 0 Å². The SMILES string of the molecule is Nc1cc(CO)cc(OC(F)(F)F)c1Cl. The molecule has 0 saturated carbocycles. The predicted octanol–water partition coefficient (Wildman–Crippen LogP) is 2.31. The molecule has 0 bridgehead atoms. The molecule has 0 aliphatic heterocycles. The van der Waals surface area contributed by atoms with Gasteiger partial charge >= 0.3 is 6.36 Å². The third kappa shape index (κ3) is 3.17. The number of alkyl halides is 3. The van der Waals surface area contributed by atoms with Crippen molar-refractivity contribution < 1.29 is 23.0 Å². The quantitative estimate of drug-likeness (QED) is 0.782. The lowest BCUT2D eigenvalue weighted by Crippen LogP contribution is -2.17. The second kappa shape index (κ2) is 4.16. The largest absolute Gasteiger partial charge is 0.573 e. The van der Waals surface area contributed by atoms with Gasteiger partial charge in [0.2, 0.25) is 0 Å². The van der Waals surface area contributed by atoms with Crippen LogP contribution < -0.4 is 10.5 Å². The number of halogens is 4. The van der Waals surface area contributed by atoms with Gasteiger partial charge in [0, 0.05) is 0 Å². The maximum absolute atomic E-state index is 11.9. The number of aliphatic hydroxyl groups is 1. The van der Waals surface area contributed by atoms with Crippen LogP contribution in [-0.4, -0.2) is 11.5 Å². The number of benzene rings is 1. The fourth-order valence-corrected chi connectivity index (χ4v) is 1.12. The summed E-state index contributed by atoms with van der Waals surface area (Å²) in [5.41, 5.74) is 5.44. The van der Waals surface area contributed by atoms with Crippen LogP contribution in [-0.2, 0) is 6.61 Å². The summed E-state index contributed by atoms with van der Waals surface area (Å²) in [5, 5.41) is 8.41. The van der Waals surface area contributed by atoms with Crippen LogP contribution in [0, 0.1) is 0 Å². The molecule has 0 heterocycles. The Morgan fingerprint density at radius 2 is 2.00 bits per heavy atom. The van der Waals surface area contributed by atoms with Crippen LogP contribution >= 0.6 is 11.6 Å². The molecule has 0 aromatic heterocycles. The Balaban J connectivity index is 3.11. The van der Waals surface area contributed by atoms with Crippen molar-refractivity contribution in [1.29, 1.82) is 0 Å². The molecule has 7 heteroatoms. The van der Waals surface area contributed by atoms with Gasteiger partial charge in [-0.2, -0.15) is 0 Å². The highest BCUT2D eigenvalue weighted by Gasteiger charge is 2.32. The Kier molecular flexibility index (Phi) is 3.31. The van der Waals surface area contributed by atoms with Gasteiger partial charge < -0.3 is 15.6 Å². The predicted molar refractivity (Wildman–Crippen MR) is 48.5 cm³/mol. The number of aliphatic hydroxyl groups excluding tert-OH is 1. The maximum atomic E-state index is 11.9. The second-order valence-electron chi connectivity index (χ2n) is 2.70. The Morgan fingerprint density at radius 3 is 2.47 bits per heavy atom. The van der Waals surface area contributed by atoms with Crippen LogP contribution in [0.5, 0.6) is 5.75 Å². The lowest BCUT2D eigenvalue weighted by molar-refractivity contribution is -0.274. The summed E-state index contributed by atoms with van der Waals surface area (Å²) in [4.78, 5) is 0. The minimum absolute atomic E-state index is 0.0810. The molecule has 1 rings (SSSR count). The molecule has 0 fully saturated rings. The van der Waals surface area contributed by atoms with E-state index in [0.717, 1.165) is 6.07 Å². The number of anilines is 1. The molecule has 0 atom stereocenters. The first-order valence-corrected chi connectivity index (χ1v) is 4.16. The van der Waals surface area contributed by atoms with Crippen molar-refractivity contribution in [3.8, 4) is 5.75 Å². The molecular formula is C8H7ClF3NO2. The molecule has 3 nitrogen and oxygen atoms in total. The van der Waals surface area contributed by atoms with E-state index >= 15 is 0 Å². The highest BCUT2D eigenvalue weighted by atomic mass is 35.5. The molecule has 3 N–H and O–H groups in total. The summed E-state index contributed by atoms with van der Waals surface area (Å²) >= 11 is 5.50. The van der Waals surface area contributed by atoms with Gasteiger partial charge in [-0.15, -0.1) is 13.2 Å². The lowest BCUT2D eigenvalue weighted by Gasteiger charge is -2.12. The third-order valence-corrected chi connectivity index (χ3v) is 1.94. The highest BCUT2D eigenvalue weighted by Crippen LogP contribution is 2.35. The zero-order valence-corrected chi connectivity index (χ0v) is 8.06. The van der Waals surface area contributed by atoms with Gasteiger partial charge in [-0.25, -0.2) is 0 Å². The average molecular weight is 242 g/mol. The van der Waals surface area contributed by atoms with Crippen LogP contribution in [0.4, 0.5) is 18.9 Å². The Labute approximate surface area is 88.2 Å². The molecule has 0 saturated heterocycles. The first-order valence-electron chi connectivity index (χ1n) is 3.78. The van der Waals surface area contributed by atoms with E-state index < -0.39 is 18.7 Å². The van der Waals surface area contributed by atoms with E-state index in [9.17, 15) is 13.2 Å². The zero-order chi connectivity index (χ0) is 11.6. The summed E-state index contributed by atoms with van der Waals surface area (Å²) in [6, 6.07) is 2.25. The fourth-order valence-electron chi connectivity index (χ4n) is 0.969. The maximum Gasteiger partial charge on any atom is 0.573 e. The summed E-state index contributed by atoms with van der Waals surface area (Å²) < 4.78 is 39.3. The first-order chi connectivity index (χ1) is 6.83. The highest BCUT2D eigenvalue weighted by molar-refractivity contribution is 6.34. The lowest BCUT2D eigenvalue weighted by atomic mass is 10.2. The van der Waals surface area contributed by atoms with E-state index in [1.54, 1.807) is 0 Å². The Morgan fingerprint density at radius 1 is 1.40 bits per heavy atom. The molecule has 1 aromatic carbocycles. The minimum Gasteiger partial charge on any atom is -0.404 e. The van der Waals surface area contributed by atoms with Crippen molar-refractivity contribution in [3.63, 3.8) is 0 Å². The molecule has 0 aliphatic rings. The Hall–Kier alpha value is -1.14. The van der Waals surface area contributed by atoms with Crippen LogP contribution in [0.3, 0.4) is 0 Å². The van der Waals surface area contributed by atoms with Crippen molar-refractivity contribution in [2.24, 2.45) is 0 Å². The first kappa shape index (κ1) is 11.9. The standard InChI is InChI=1S/C8H7ClF3NO2/c9-7-5(13)1-4(3-14)2-6(7)15-8(10,11)12/h1-2,14H,3,13H2. The van der Waals surface area contributed by atoms with E-state index in [-0.39, 0.29) is 16.3 Å². The molecule has 84 valence electrons. The van der Waals surface area contributed by atoms with Crippen LogP contribution in [0.25, 0.3) is 0 Å². The number of nitrogen functional groups attached to an aromatic ring is 1. The zero-order valence-electron chi connectivity index (χ0n) is 7.31. The van der Waals surface area contributed by atoms with Crippen molar-refractivity contribution >= 4 is 17.3 Å². The topological polar surface area (TPSA) is 55.5 Å². The number of hydrogen-bond donors (Lipinski definition) is 2. The van der Waals surface area contributed by atoms with Crippen LogP contribution in [0.15, 0.2) is 12.1 Å². The van der Waals surface area contributed by atoms with Crippen molar-refractivity contribution in [3.05, 3.63) is 22.7 Å². The van der Waals surface area contributed by atoms with Gasteiger partial charge in [-0.1, -0.05) is 11.6 Å². The van der Waals surface area contributed by atoms with Gasteiger partial charge in [0.05, 0.1) is 12.3 Å². The molecule has 0 amide bonds. The molecule has 0 unspecified atom stereocenters. The average Bonchev–Trinajstić information content (AvgIpc) is 2.10. The summed E-state index contributed by atoms with van der Waals surface area (Å²) in [5.74, 6) is -0.617. The molecule has 0 spiro atoms. The van der Waals surface area contributed by atoms with Crippen molar-refractivity contribution in [1.82, 2.24) is 0 Å². The van der Waals surface area contributed by atoms with Crippen LogP contribution in [0.2, 0.25) is 5.02 Å². The minimum atomic E-state index is -4.84. The van der Waals surface area contributed by atoms with Gasteiger partial charge in [0.15, 0.2) is 5.75 Å². The summed E-state index contributed by atoms with van der Waals surface area (Å²) in [7, 11) is 0. The normalized spacial score (nSPS) is 11.5.